The molecule has 0 aromatic heterocycles. The van der Waals surface area contributed by atoms with Gasteiger partial charge in [-0.3, -0.25) is 4.79 Å². The molecule has 0 N–H and O–H groups in total. The Hall–Kier alpha value is -2.43. The lowest BCUT2D eigenvalue weighted by atomic mass is 9.81. The van der Waals surface area contributed by atoms with Crippen LogP contribution < -0.4 is 10.4 Å². The molecule has 0 aliphatic carbocycles. The Morgan fingerprint density at radius 2 is 1.32 bits per heavy atom. The summed E-state index contributed by atoms with van der Waals surface area (Å²) in [5.41, 5.74) is -0.540. The molecule has 2 aromatic carbocycles. The first-order valence-corrected chi connectivity index (χ1v) is 22.0. The minimum atomic E-state index is -2.63. The second-order valence-corrected chi connectivity index (χ2v) is 25.6. The number of ether oxygens (including phenoxy) is 2. The van der Waals surface area contributed by atoms with Gasteiger partial charge in [0.15, 0.2) is 0 Å². The van der Waals surface area contributed by atoms with E-state index in [1.165, 1.54) is 10.4 Å². The van der Waals surface area contributed by atoms with Gasteiger partial charge in [-0.2, -0.15) is 0 Å². The van der Waals surface area contributed by atoms with Crippen LogP contribution in [0.3, 0.4) is 0 Å². The number of esters is 1. The molecular weight excluding hydrogens is 583 g/mol. The molecule has 0 saturated carbocycles. The smallest absolute Gasteiger partial charge is 0.409 e. The third-order valence-corrected chi connectivity index (χ3v) is 15.5. The van der Waals surface area contributed by atoms with Gasteiger partial charge in [0.05, 0.1) is 18.6 Å². The highest BCUT2D eigenvalue weighted by atomic mass is 28.4. The standard InChI is InChI=1S/C36H57NO5Si2/c1-35(2,3)33(38)40-24-21-30-28-37(34(39)41-26-27-43(7,8)9)23-20-29(30)22-25-42-44(36(4,5)6,31-16-12-10-13-17-31)32-18-14-11-15-19-32/h10-19,29-30H,20-28H2,1-9H3/t29-,30-/m0/s1. The molecule has 8 heteroatoms. The largest absolute Gasteiger partial charge is 0.465 e. The Morgan fingerprint density at radius 1 is 0.773 bits per heavy atom. The Morgan fingerprint density at radius 3 is 1.82 bits per heavy atom. The summed E-state index contributed by atoms with van der Waals surface area (Å²) in [5.74, 6) is 0.360. The van der Waals surface area contributed by atoms with Crippen molar-refractivity contribution in [3.8, 4) is 0 Å². The number of hydrogen-bond acceptors (Lipinski definition) is 5. The number of nitrogens with zero attached hydrogens (tertiary/aromatic N) is 1. The van der Waals surface area contributed by atoms with Crippen molar-refractivity contribution in [1.82, 2.24) is 4.90 Å². The van der Waals surface area contributed by atoms with Gasteiger partial charge >= 0.3 is 12.1 Å². The summed E-state index contributed by atoms with van der Waals surface area (Å²) in [6, 6.07) is 22.4. The summed E-state index contributed by atoms with van der Waals surface area (Å²) in [4.78, 5) is 27.4. The molecular formula is C36H57NO5Si2. The molecule has 3 rings (SSSR count). The molecule has 2 aromatic rings. The summed E-state index contributed by atoms with van der Waals surface area (Å²) in [5, 5.41) is 2.47. The van der Waals surface area contributed by atoms with Crippen LogP contribution in [0.5, 0.6) is 0 Å². The molecule has 1 aliphatic heterocycles. The van der Waals surface area contributed by atoms with Gasteiger partial charge in [0.1, 0.15) is 0 Å². The predicted molar refractivity (Wildman–Crippen MR) is 186 cm³/mol. The average molecular weight is 640 g/mol. The molecule has 0 unspecified atom stereocenters. The van der Waals surface area contributed by atoms with Crippen molar-refractivity contribution in [3.63, 3.8) is 0 Å². The van der Waals surface area contributed by atoms with Crippen LogP contribution >= 0.6 is 0 Å². The fourth-order valence-electron chi connectivity index (χ4n) is 6.13. The van der Waals surface area contributed by atoms with E-state index in [2.05, 4.69) is 101 Å². The lowest BCUT2D eigenvalue weighted by Gasteiger charge is -2.44. The number of benzene rings is 2. The topological polar surface area (TPSA) is 65.1 Å². The maximum Gasteiger partial charge on any atom is 0.409 e. The van der Waals surface area contributed by atoms with Crippen molar-refractivity contribution in [1.29, 1.82) is 0 Å². The minimum absolute atomic E-state index is 0.0840. The summed E-state index contributed by atoms with van der Waals surface area (Å²) < 4.78 is 18.6. The van der Waals surface area contributed by atoms with E-state index in [4.69, 9.17) is 13.9 Å². The number of rotatable bonds is 12. The zero-order valence-electron chi connectivity index (χ0n) is 28.8. The Kier molecular flexibility index (Phi) is 12.5. The number of piperidine rings is 1. The highest BCUT2D eigenvalue weighted by molar-refractivity contribution is 6.99. The Balaban J connectivity index is 1.77. The van der Waals surface area contributed by atoms with Gasteiger partial charge in [0, 0.05) is 27.8 Å². The van der Waals surface area contributed by atoms with Crippen LogP contribution in [-0.4, -0.2) is 66.3 Å². The average Bonchev–Trinajstić information content (AvgIpc) is 2.95. The van der Waals surface area contributed by atoms with Crippen molar-refractivity contribution in [3.05, 3.63) is 60.7 Å². The minimum Gasteiger partial charge on any atom is -0.465 e. The molecule has 1 aliphatic rings. The van der Waals surface area contributed by atoms with E-state index < -0.39 is 21.8 Å². The molecule has 44 heavy (non-hydrogen) atoms. The second-order valence-electron chi connectivity index (χ2n) is 15.7. The van der Waals surface area contributed by atoms with Crippen LogP contribution in [0, 0.1) is 17.3 Å². The first-order chi connectivity index (χ1) is 20.5. The summed E-state index contributed by atoms with van der Waals surface area (Å²) in [7, 11) is -3.92. The predicted octanol–water partition coefficient (Wildman–Crippen LogP) is 7.35. The number of carbonyl (C=O) groups excluding carboxylic acids is 2. The fourth-order valence-corrected chi connectivity index (χ4v) is 11.4. The molecule has 0 radical (unpaired) electrons. The third kappa shape index (κ3) is 9.79. The first-order valence-electron chi connectivity index (χ1n) is 16.4. The highest BCUT2D eigenvalue weighted by Crippen LogP contribution is 2.38. The number of carbonyl (C=O) groups is 2. The van der Waals surface area contributed by atoms with Crippen LogP contribution in [0.1, 0.15) is 60.8 Å². The fraction of sp³-hybridized carbons (Fsp3) is 0.611. The van der Waals surface area contributed by atoms with E-state index in [1.807, 2.05) is 25.7 Å². The van der Waals surface area contributed by atoms with Gasteiger partial charge in [-0.1, -0.05) is 101 Å². The first kappa shape index (κ1) is 36.0. The zero-order valence-corrected chi connectivity index (χ0v) is 30.8. The van der Waals surface area contributed by atoms with Crippen molar-refractivity contribution in [2.24, 2.45) is 17.3 Å². The molecule has 6 nitrogen and oxygen atoms in total. The van der Waals surface area contributed by atoms with E-state index in [-0.39, 0.29) is 23.0 Å². The van der Waals surface area contributed by atoms with Crippen LogP contribution in [0.15, 0.2) is 60.7 Å². The number of amides is 1. The van der Waals surface area contributed by atoms with Crippen LogP contribution in [-0.2, 0) is 18.7 Å². The van der Waals surface area contributed by atoms with Crippen LogP contribution in [0.4, 0.5) is 4.79 Å². The van der Waals surface area contributed by atoms with Crippen LogP contribution in [0.2, 0.25) is 30.7 Å². The monoisotopic (exact) mass is 639 g/mol. The van der Waals surface area contributed by atoms with Crippen molar-refractivity contribution < 1.29 is 23.5 Å². The molecule has 244 valence electrons. The van der Waals surface area contributed by atoms with Gasteiger partial charge in [0.2, 0.25) is 0 Å². The van der Waals surface area contributed by atoms with E-state index in [0.29, 0.717) is 45.2 Å². The van der Waals surface area contributed by atoms with Gasteiger partial charge in [-0.15, -0.1) is 0 Å². The quantitative estimate of drug-likeness (QED) is 0.180. The summed E-state index contributed by atoms with van der Waals surface area (Å²) >= 11 is 0. The Labute approximate surface area is 269 Å². The number of likely N-dealkylation sites (tertiary alicyclic amines) is 1. The highest BCUT2D eigenvalue weighted by Gasteiger charge is 2.50. The van der Waals surface area contributed by atoms with Gasteiger partial charge in [-0.25, -0.2) is 4.79 Å². The second kappa shape index (κ2) is 15.2. The lowest BCUT2D eigenvalue weighted by molar-refractivity contribution is -0.153. The van der Waals surface area contributed by atoms with Crippen molar-refractivity contribution in [2.75, 3.05) is 32.9 Å². The molecule has 1 fully saturated rings. The maximum absolute atomic E-state index is 13.0. The lowest BCUT2D eigenvalue weighted by Crippen LogP contribution is -2.66. The summed E-state index contributed by atoms with van der Waals surface area (Å²) in [6.07, 6.45) is 2.26. The van der Waals surface area contributed by atoms with E-state index in [0.717, 1.165) is 18.9 Å². The maximum atomic E-state index is 13.0. The van der Waals surface area contributed by atoms with E-state index >= 15 is 0 Å². The van der Waals surface area contributed by atoms with Crippen molar-refractivity contribution in [2.45, 2.75) is 91.5 Å². The van der Waals surface area contributed by atoms with E-state index in [1.54, 1.807) is 0 Å². The molecule has 0 bridgehead atoms. The van der Waals surface area contributed by atoms with E-state index in [9.17, 15) is 9.59 Å². The van der Waals surface area contributed by atoms with Gasteiger partial charge in [0.25, 0.3) is 8.32 Å². The molecule has 0 spiro atoms. The SMILES string of the molecule is CC(C)(C)C(=O)OCC[C@H]1CN(C(=O)OCC[Si](C)(C)C)CC[C@H]1CCO[Si](c1ccccc1)(c1ccccc1)C(C)(C)C. The summed E-state index contributed by atoms with van der Waals surface area (Å²) in [6.45, 7) is 22.2. The number of hydrogen-bond donors (Lipinski definition) is 0. The normalized spacial score (nSPS) is 18.2. The zero-order chi connectivity index (χ0) is 32.6. The molecule has 1 heterocycles. The third-order valence-electron chi connectivity index (χ3n) is 8.79. The Bertz CT molecular complexity index is 1150. The van der Waals surface area contributed by atoms with Crippen LogP contribution in [0.25, 0.3) is 0 Å². The molecule has 2 atom stereocenters. The molecule has 1 amide bonds. The molecule has 1 saturated heterocycles. The van der Waals surface area contributed by atoms with Gasteiger partial charge < -0.3 is 18.8 Å². The van der Waals surface area contributed by atoms with Gasteiger partial charge in [-0.05, 0) is 73.3 Å². The van der Waals surface area contributed by atoms with Crippen molar-refractivity contribution >= 4 is 38.8 Å².